The first-order valence-corrected chi connectivity index (χ1v) is 8.10. The third kappa shape index (κ3) is 2.40. The molecule has 4 rings (SSSR count). The Morgan fingerprint density at radius 3 is 2.65 bits per heavy atom. The molecule has 110 valence electrons. The number of nitrogens with zero attached hydrogens (tertiary/aromatic N) is 3. The maximum atomic E-state index is 10.5. The topological polar surface area (TPSA) is 41.3 Å². The predicted octanol–water partition coefficient (Wildman–Crippen LogP) is 1.85. The number of aliphatic hydroxyl groups excluding tert-OH is 1. The van der Waals surface area contributed by atoms with Crippen LogP contribution in [0.15, 0.2) is 12.4 Å². The smallest absolute Gasteiger partial charge is 0.0781 e. The van der Waals surface area contributed by atoms with Gasteiger partial charge in [-0.15, -0.1) is 0 Å². The van der Waals surface area contributed by atoms with Gasteiger partial charge in [-0.2, -0.15) is 5.10 Å². The van der Waals surface area contributed by atoms with E-state index in [2.05, 4.69) is 23.1 Å². The highest BCUT2D eigenvalue weighted by molar-refractivity contribution is 5.03. The first-order chi connectivity index (χ1) is 9.69. The van der Waals surface area contributed by atoms with E-state index in [9.17, 15) is 5.11 Å². The van der Waals surface area contributed by atoms with Crippen molar-refractivity contribution >= 4 is 0 Å². The van der Waals surface area contributed by atoms with Crippen LogP contribution in [0.1, 0.15) is 37.3 Å². The highest BCUT2D eigenvalue weighted by Crippen LogP contribution is 2.42. The quantitative estimate of drug-likeness (QED) is 0.915. The standard InChI is InChI=1S/C16H25N3O/c1-11-6-17-19(7-11)15-4-13-9-18(8-12-2-3-12)10-14(13)5-16(15)20/h6-7,12-16,20H,2-5,8-10H2,1H3/t13-,14+,15-,16-/m0/s1. The molecule has 0 aromatic carbocycles. The Kier molecular flexibility index (Phi) is 3.11. The molecule has 4 atom stereocenters. The fourth-order valence-corrected chi connectivity index (χ4v) is 4.22. The monoisotopic (exact) mass is 275 g/mol. The first-order valence-electron chi connectivity index (χ1n) is 8.10. The summed E-state index contributed by atoms with van der Waals surface area (Å²) in [6, 6.07) is 0.186. The van der Waals surface area contributed by atoms with Crippen LogP contribution < -0.4 is 0 Å². The Morgan fingerprint density at radius 2 is 2.00 bits per heavy atom. The Hall–Kier alpha value is -0.870. The maximum absolute atomic E-state index is 10.5. The van der Waals surface area contributed by atoms with Crippen molar-refractivity contribution in [2.75, 3.05) is 19.6 Å². The van der Waals surface area contributed by atoms with Gasteiger partial charge in [0.2, 0.25) is 0 Å². The number of hydrogen-bond acceptors (Lipinski definition) is 3. The number of likely N-dealkylation sites (tertiary alicyclic amines) is 1. The molecule has 2 aliphatic carbocycles. The first kappa shape index (κ1) is 12.8. The Labute approximate surface area is 120 Å². The SMILES string of the molecule is Cc1cnn([C@H]2C[C@H]3CN(CC4CC4)C[C@H]3C[C@@H]2O)c1. The van der Waals surface area contributed by atoms with Gasteiger partial charge in [-0.25, -0.2) is 0 Å². The fraction of sp³-hybridized carbons (Fsp3) is 0.812. The Morgan fingerprint density at radius 1 is 1.25 bits per heavy atom. The summed E-state index contributed by atoms with van der Waals surface area (Å²) >= 11 is 0. The zero-order valence-corrected chi connectivity index (χ0v) is 12.3. The van der Waals surface area contributed by atoms with Gasteiger partial charge in [0, 0.05) is 25.8 Å². The predicted molar refractivity (Wildman–Crippen MR) is 77.4 cm³/mol. The molecule has 3 fully saturated rings. The lowest BCUT2D eigenvalue weighted by molar-refractivity contribution is 0.0306. The molecule has 3 aliphatic rings. The molecular formula is C16H25N3O. The van der Waals surface area contributed by atoms with Crippen LogP contribution in [0.4, 0.5) is 0 Å². The summed E-state index contributed by atoms with van der Waals surface area (Å²) in [5, 5.41) is 14.9. The van der Waals surface area contributed by atoms with E-state index in [1.54, 1.807) is 0 Å². The Bertz CT molecular complexity index is 482. The molecule has 0 amide bonds. The third-order valence-corrected chi connectivity index (χ3v) is 5.47. The lowest BCUT2D eigenvalue weighted by Crippen LogP contribution is -2.36. The molecule has 1 aliphatic heterocycles. The van der Waals surface area contributed by atoms with Crippen molar-refractivity contribution in [1.82, 2.24) is 14.7 Å². The molecule has 0 radical (unpaired) electrons. The summed E-state index contributed by atoms with van der Waals surface area (Å²) in [6.07, 6.45) is 8.66. The van der Waals surface area contributed by atoms with E-state index in [4.69, 9.17) is 0 Å². The summed E-state index contributed by atoms with van der Waals surface area (Å²) < 4.78 is 2.00. The van der Waals surface area contributed by atoms with Gasteiger partial charge in [0.1, 0.15) is 0 Å². The molecule has 0 spiro atoms. The van der Waals surface area contributed by atoms with Crippen LogP contribution in [0.5, 0.6) is 0 Å². The van der Waals surface area contributed by atoms with Gasteiger partial charge in [-0.3, -0.25) is 4.68 Å². The van der Waals surface area contributed by atoms with E-state index in [1.165, 1.54) is 38.0 Å². The minimum Gasteiger partial charge on any atom is -0.391 e. The summed E-state index contributed by atoms with van der Waals surface area (Å²) in [5.41, 5.74) is 1.18. The van der Waals surface area contributed by atoms with Crippen molar-refractivity contribution in [1.29, 1.82) is 0 Å². The molecule has 1 aromatic rings. The second-order valence-electron chi connectivity index (χ2n) is 7.29. The number of hydrogen-bond donors (Lipinski definition) is 1. The minimum atomic E-state index is -0.226. The molecule has 2 saturated carbocycles. The number of aromatic nitrogens is 2. The third-order valence-electron chi connectivity index (χ3n) is 5.47. The molecule has 1 N–H and O–H groups in total. The summed E-state index contributed by atoms with van der Waals surface area (Å²) in [6.45, 7) is 5.82. The van der Waals surface area contributed by atoms with Crippen molar-refractivity contribution in [2.45, 2.75) is 44.8 Å². The van der Waals surface area contributed by atoms with Crippen LogP contribution in [0.3, 0.4) is 0 Å². The van der Waals surface area contributed by atoms with Gasteiger partial charge < -0.3 is 10.0 Å². The molecule has 1 saturated heterocycles. The van der Waals surface area contributed by atoms with E-state index in [0.717, 1.165) is 24.7 Å². The average Bonchev–Trinajstić information content (AvgIpc) is 2.97. The van der Waals surface area contributed by atoms with Gasteiger partial charge in [0.05, 0.1) is 18.3 Å². The minimum absolute atomic E-state index is 0.186. The van der Waals surface area contributed by atoms with Gasteiger partial charge in [-0.1, -0.05) is 0 Å². The second kappa shape index (κ2) is 4.85. The van der Waals surface area contributed by atoms with Crippen LogP contribution in [0.2, 0.25) is 0 Å². The zero-order chi connectivity index (χ0) is 13.7. The summed E-state index contributed by atoms with van der Waals surface area (Å²) in [7, 11) is 0. The van der Waals surface area contributed by atoms with Crippen molar-refractivity contribution in [3.63, 3.8) is 0 Å². The Balaban J connectivity index is 1.44. The lowest BCUT2D eigenvalue weighted by Gasteiger charge is -2.35. The van der Waals surface area contributed by atoms with Crippen LogP contribution in [0, 0.1) is 24.7 Å². The number of aryl methyl sites for hydroxylation is 1. The molecule has 2 heterocycles. The second-order valence-corrected chi connectivity index (χ2v) is 7.29. The van der Waals surface area contributed by atoms with Crippen LogP contribution >= 0.6 is 0 Å². The number of rotatable bonds is 3. The largest absolute Gasteiger partial charge is 0.391 e. The number of fused-ring (bicyclic) bond motifs is 1. The molecule has 1 aromatic heterocycles. The zero-order valence-electron chi connectivity index (χ0n) is 12.3. The van der Waals surface area contributed by atoms with E-state index >= 15 is 0 Å². The fourth-order valence-electron chi connectivity index (χ4n) is 4.22. The average molecular weight is 275 g/mol. The maximum Gasteiger partial charge on any atom is 0.0781 e. The van der Waals surface area contributed by atoms with E-state index in [1.807, 2.05) is 10.9 Å². The van der Waals surface area contributed by atoms with Gasteiger partial charge in [-0.05, 0) is 55.9 Å². The van der Waals surface area contributed by atoms with Crippen molar-refractivity contribution in [3.05, 3.63) is 18.0 Å². The van der Waals surface area contributed by atoms with Crippen molar-refractivity contribution in [3.8, 4) is 0 Å². The van der Waals surface area contributed by atoms with Gasteiger partial charge >= 0.3 is 0 Å². The molecule has 4 heteroatoms. The normalized spacial score (nSPS) is 38.1. The van der Waals surface area contributed by atoms with E-state index < -0.39 is 0 Å². The van der Waals surface area contributed by atoms with E-state index in [-0.39, 0.29) is 12.1 Å². The molecular weight excluding hydrogens is 250 g/mol. The van der Waals surface area contributed by atoms with Crippen molar-refractivity contribution < 1.29 is 5.11 Å². The lowest BCUT2D eigenvalue weighted by atomic mass is 9.77. The number of aliphatic hydroxyl groups is 1. The van der Waals surface area contributed by atoms with Crippen LogP contribution in [-0.4, -0.2) is 45.5 Å². The molecule has 4 nitrogen and oxygen atoms in total. The van der Waals surface area contributed by atoms with Crippen LogP contribution in [0.25, 0.3) is 0 Å². The molecule has 0 unspecified atom stereocenters. The van der Waals surface area contributed by atoms with E-state index in [0.29, 0.717) is 5.92 Å². The highest BCUT2D eigenvalue weighted by atomic mass is 16.3. The highest BCUT2D eigenvalue weighted by Gasteiger charge is 2.43. The summed E-state index contributed by atoms with van der Waals surface area (Å²) in [4.78, 5) is 2.65. The molecule has 20 heavy (non-hydrogen) atoms. The van der Waals surface area contributed by atoms with Gasteiger partial charge in [0.25, 0.3) is 0 Å². The van der Waals surface area contributed by atoms with Crippen molar-refractivity contribution in [2.24, 2.45) is 17.8 Å². The summed E-state index contributed by atoms with van der Waals surface area (Å²) in [5.74, 6) is 2.44. The van der Waals surface area contributed by atoms with Crippen LogP contribution in [-0.2, 0) is 0 Å². The molecule has 0 bridgehead atoms. The van der Waals surface area contributed by atoms with Gasteiger partial charge in [0.15, 0.2) is 0 Å².